The van der Waals surface area contributed by atoms with Crippen molar-refractivity contribution >= 4 is 11.7 Å². The van der Waals surface area contributed by atoms with Gasteiger partial charge in [-0.05, 0) is 12.1 Å². The standard InChI is InChI=1S/C17H14N2O2/c1-19(14-10-6-3-7-11-14)17-18-16(20)12-15(21-17)13-8-4-2-5-9-13/h2-12H,1H3. The Morgan fingerprint density at radius 2 is 1.57 bits per heavy atom. The van der Waals surface area contributed by atoms with Gasteiger partial charge in [0.05, 0.1) is 0 Å². The minimum absolute atomic E-state index is 0.271. The summed E-state index contributed by atoms with van der Waals surface area (Å²) >= 11 is 0. The number of rotatable bonds is 3. The first kappa shape index (κ1) is 13.1. The summed E-state index contributed by atoms with van der Waals surface area (Å²) in [5.74, 6) is 0.508. The van der Waals surface area contributed by atoms with Crippen molar-refractivity contribution in [3.63, 3.8) is 0 Å². The number of anilines is 2. The van der Waals surface area contributed by atoms with E-state index >= 15 is 0 Å². The van der Waals surface area contributed by atoms with Crippen LogP contribution in [0.1, 0.15) is 0 Å². The quantitative estimate of drug-likeness (QED) is 0.736. The van der Waals surface area contributed by atoms with Crippen molar-refractivity contribution in [1.82, 2.24) is 4.98 Å². The van der Waals surface area contributed by atoms with Gasteiger partial charge in [-0.3, -0.25) is 9.69 Å². The topological polar surface area (TPSA) is 46.3 Å². The van der Waals surface area contributed by atoms with E-state index in [2.05, 4.69) is 4.98 Å². The van der Waals surface area contributed by atoms with Gasteiger partial charge in [0.15, 0.2) is 0 Å². The van der Waals surface area contributed by atoms with Crippen LogP contribution in [0.2, 0.25) is 0 Å². The number of nitrogens with zero attached hydrogens (tertiary/aromatic N) is 2. The molecule has 0 fully saturated rings. The fourth-order valence-electron chi connectivity index (χ4n) is 2.04. The summed E-state index contributed by atoms with van der Waals surface area (Å²) in [5.41, 5.74) is 1.43. The van der Waals surface area contributed by atoms with Crippen LogP contribution in [0.25, 0.3) is 11.3 Å². The number of para-hydroxylation sites is 1. The smallest absolute Gasteiger partial charge is 0.305 e. The van der Waals surface area contributed by atoms with Crippen molar-refractivity contribution in [2.75, 3.05) is 11.9 Å². The normalized spacial score (nSPS) is 10.3. The second kappa shape index (κ2) is 5.63. The Kier molecular flexibility index (Phi) is 3.51. The van der Waals surface area contributed by atoms with Gasteiger partial charge in [-0.15, -0.1) is 0 Å². The number of aromatic nitrogens is 1. The Balaban J connectivity index is 2.05. The van der Waals surface area contributed by atoms with Gasteiger partial charge in [0.2, 0.25) is 0 Å². The average Bonchev–Trinajstić information content (AvgIpc) is 2.55. The number of hydrogen-bond donors (Lipinski definition) is 0. The number of benzene rings is 2. The summed E-state index contributed by atoms with van der Waals surface area (Å²) in [4.78, 5) is 17.5. The van der Waals surface area contributed by atoms with Crippen LogP contribution in [0.3, 0.4) is 0 Å². The van der Waals surface area contributed by atoms with Gasteiger partial charge in [0.1, 0.15) is 5.76 Å². The van der Waals surface area contributed by atoms with Gasteiger partial charge in [-0.1, -0.05) is 48.5 Å². The summed E-state index contributed by atoms with van der Waals surface area (Å²) in [7, 11) is 1.81. The molecule has 0 aliphatic rings. The monoisotopic (exact) mass is 278 g/mol. The summed E-state index contributed by atoms with van der Waals surface area (Å²) in [6, 6.07) is 20.8. The Bertz CT molecular complexity index is 783. The van der Waals surface area contributed by atoms with Crippen LogP contribution < -0.4 is 10.5 Å². The summed E-state index contributed by atoms with van der Waals surface area (Å²) < 4.78 is 5.78. The Hall–Kier alpha value is -2.88. The van der Waals surface area contributed by atoms with Crippen molar-refractivity contribution < 1.29 is 4.42 Å². The molecule has 104 valence electrons. The van der Waals surface area contributed by atoms with Crippen LogP contribution in [0.15, 0.2) is 75.9 Å². The van der Waals surface area contributed by atoms with E-state index in [1.165, 1.54) is 6.07 Å². The van der Waals surface area contributed by atoms with Crippen LogP contribution in [0.4, 0.5) is 11.7 Å². The number of hydrogen-bond acceptors (Lipinski definition) is 4. The van der Waals surface area contributed by atoms with Gasteiger partial charge < -0.3 is 4.42 Å². The van der Waals surface area contributed by atoms with Crippen LogP contribution in [0, 0.1) is 0 Å². The second-order valence-electron chi connectivity index (χ2n) is 4.60. The highest BCUT2D eigenvalue weighted by atomic mass is 16.4. The average molecular weight is 278 g/mol. The maximum Gasteiger partial charge on any atom is 0.305 e. The fraction of sp³-hybridized carbons (Fsp3) is 0.0588. The highest BCUT2D eigenvalue weighted by Gasteiger charge is 2.11. The maximum absolute atomic E-state index is 11.8. The lowest BCUT2D eigenvalue weighted by atomic mass is 10.2. The van der Waals surface area contributed by atoms with Crippen LogP contribution >= 0.6 is 0 Å². The lowest BCUT2D eigenvalue weighted by molar-refractivity contribution is 0.543. The van der Waals surface area contributed by atoms with Gasteiger partial charge in [0.25, 0.3) is 5.56 Å². The molecular formula is C17H14N2O2. The molecule has 0 aliphatic carbocycles. The highest BCUT2D eigenvalue weighted by molar-refractivity contribution is 5.59. The Morgan fingerprint density at radius 3 is 2.24 bits per heavy atom. The van der Waals surface area contributed by atoms with Gasteiger partial charge in [-0.25, -0.2) is 0 Å². The lowest BCUT2D eigenvalue weighted by Crippen LogP contribution is -2.16. The molecular weight excluding hydrogens is 264 g/mol. The molecule has 2 aromatic carbocycles. The van der Waals surface area contributed by atoms with Crippen LogP contribution in [0.5, 0.6) is 0 Å². The molecule has 0 radical (unpaired) electrons. The molecule has 0 amide bonds. The molecule has 0 spiro atoms. The van der Waals surface area contributed by atoms with Gasteiger partial charge >= 0.3 is 6.01 Å². The predicted molar refractivity (Wildman–Crippen MR) is 82.7 cm³/mol. The molecule has 0 saturated heterocycles. The molecule has 3 aromatic rings. The molecule has 0 saturated carbocycles. The molecule has 0 bridgehead atoms. The lowest BCUT2D eigenvalue weighted by Gasteiger charge is -2.16. The first-order valence-corrected chi connectivity index (χ1v) is 6.60. The van der Waals surface area contributed by atoms with Crippen molar-refractivity contribution in [2.45, 2.75) is 0 Å². The largest absolute Gasteiger partial charge is 0.425 e. The zero-order valence-electron chi connectivity index (χ0n) is 11.6. The van der Waals surface area contributed by atoms with E-state index in [9.17, 15) is 4.79 Å². The van der Waals surface area contributed by atoms with E-state index in [0.29, 0.717) is 5.76 Å². The zero-order valence-corrected chi connectivity index (χ0v) is 11.6. The third-order valence-electron chi connectivity index (χ3n) is 3.15. The van der Waals surface area contributed by atoms with Crippen molar-refractivity contribution in [3.05, 3.63) is 77.1 Å². The summed E-state index contributed by atoms with van der Waals surface area (Å²) in [5, 5.41) is 0. The first-order chi connectivity index (χ1) is 10.2. The van der Waals surface area contributed by atoms with E-state index in [1.807, 2.05) is 67.7 Å². The molecule has 0 atom stereocenters. The molecule has 4 heteroatoms. The van der Waals surface area contributed by atoms with Crippen molar-refractivity contribution in [3.8, 4) is 11.3 Å². The molecule has 1 heterocycles. The van der Waals surface area contributed by atoms with E-state index in [1.54, 1.807) is 4.90 Å². The maximum atomic E-state index is 11.8. The van der Waals surface area contributed by atoms with Crippen molar-refractivity contribution in [2.24, 2.45) is 0 Å². The van der Waals surface area contributed by atoms with Crippen molar-refractivity contribution in [1.29, 1.82) is 0 Å². The van der Waals surface area contributed by atoms with E-state index < -0.39 is 0 Å². The minimum Gasteiger partial charge on any atom is -0.425 e. The summed E-state index contributed by atoms with van der Waals surface area (Å²) in [6.45, 7) is 0. The predicted octanol–water partition coefficient (Wildman–Crippen LogP) is 3.47. The molecule has 0 aliphatic heterocycles. The fourth-order valence-corrected chi connectivity index (χ4v) is 2.04. The second-order valence-corrected chi connectivity index (χ2v) is 4.60. The zero-order chi connectivity index (χ0) is 14.7. The minimum atomic E-state index is -0.321. The molecule has 3 rings (SSSR count). The first-order valence-electron chi connectivity index (χ1n) is 6.60. The van der Waals surface area contributed by atoms with Crippen LogP contribution in [-0.2, 0) is 0 Å². The molecule has 4 nitrogen and oxygen atoms in total. The third kappa shape index (κ3) is 2.84. The molecule has 21 heavy (non-hydrogen) atoms. The third-order valence-corrected chi connectivity index (χ3v) is 3.15. The van der Waals surface area contributed by atoms with E-state index in [-0.39, 0.29) is 11.6 Å². The van der Waals surface area contributed by atoms with Gasteiger partial charge in [0, 0.05) is 24.4 Å². The molecule has 0 N–H and O–H groups in total. The SMILES string of the molecule is CN(c1ccccc1)c1nc(=O)cc(-c2ccccc2)o1. The summed E-state index contributed by atoms with van der Waals surface area (Å²) in [6.07, 6.45) is 0. The molecule has 0 unspecified atom stereocenters. The molecule has 1 aromatic heterocycles. The Labute approximate surface area is 122 Å². The van der Waals surface area contributed by atoms with Crippen LogP contribution in [-0.4, -0.2) is 12.0 Å². The highest BCUT2D eigenvalue weighted by Crippen LogP contribution is 2.25. The Morgan fingerprint density at radius 1 is 0.952 bits per heavy atom. The van der Waals surface area contributed by atoms with E-state index in [0.717, 1.165) is 11.3 Å². The van der Waals surface area contributed by atoms with E-state index in [4.69, 9.17) is 4.42 Å². The van der Waals surface area contributed by atoms with Gasteiger partial charge in [-0.2, -0.15) is 4.98 Å².